The molecule has 0 radical (unpaired) electrons. The molecule has 1 atom stereocenters. The third-order valence-electron chi connectivity index (χ3n) is 4.05. The van der Waals surface area contributed by atoms with E-state index < -0.39 is 12.1 Å². The minimum Gasteiger partial charge on any atom is -0.497 e. The number of carbonyl (C=O) groups excluding carboxylic acids is 1. The van der Waals surface area contributed by atoms with Crippen molar-refractivity contribution < 1.29 is 23.4 Å². The molecule has 7 heteroatoms. The summed E-state index contributed by atoms with van der Waals surface area (Å²) in [4.78, 5) is 12.4. The van der Waals surface area contributed by atoms with Gasteiger partial charge in [-0.1, -0.05) is 6.07 Å². The number of hydrogen-bond donors (Lipinski definition) is 0. The van der Waals surface area contributed by atoms with Gasteiger partial charge in [-0.05, 0) is 55.8 Å². The van der Waals surface area contributed by atoms with E-state index in [1.165, 1.54) is 0 Å². The first kappa shape index (κ1) is 18.4. The molecule has 0 fully saturated rings. The maximum absolute atomic E-state index is 12.4. The molecule has 3 aromatic rings. The first-order valence-corrected chi connectivity index (χ1v) is 8.35. The summed E-state index contributed by atoms with van der Waals surface area (Å²) in [5.41, 5.74) is 2.07. The molecule has 27 heavy (non-hydrogen) atoms. The van der Waals surface area contributed by atoms with Gasteiger partial charge in [0.2, 0.25) is 5.89 Å². The van der Waals surface area contributed by atoms with E-state index >= 15 is 0 Å². The van der Waals surface area contributed by atoms with E-state index in [-0.39, 0.29) is 5.89 Å². The molecule has 0 amide bonds. The maximum atomic E-state index is 12.4. The van der Waals surface area contributed by atoms with Crippen LogP contribution in [0.2, 0.25) is 0 Å². The quantitative estimate of drug-likeness (QED) is 0.609. The van der Waals surface area contributed by atoms with Crippen LogP contribution in [0.25, 0.3) is 11.5 Å². The molecule has 0 aliphatic carbocycles. The van der Waals surface area contributed by atoms with E-state index in [4.69, 9.17) is 18.6 Å². The van der Waals surface area contributed by atoms with Crippen molar-refractivity contribution in [2.45, 2.75) is 20.0 Å². The summed E-state index contributed by atoms with van der Waals surface area (Å²) >= 11 is 0. The molecule has 0 saturated heterocycles. The second-order valence-electron chi connectivity index (χ2n) is 5.91. The summed E-state index contributed by atoms with van der Waals surface area (Å²) in [6, 6.07) is 12.3. The molecule has 2 aromatic carbocycles. The van der Waals surface area contributed by atoms with Gasteiger partial charge in [-0.3, -0.25) is 0 Å². The number of aryl methyl sites for hydroxylation is 1. The number of nitrogens with zero attached hydrogens (tertiary/aromatic N) is 2. The number of aromatic nitrogens is 2. The first-order chi connectivity index (χ1) is 13.0. The lowest BCUT2D eigenvalue weighted by molar-refractivity contribution is 0.0279. The van der Waals surface area contributed by atoms with Crippen molar-refractivity contribution in [1.29, 1.82) is 0 Å². The van der Waals surface area contributed by atoms with Gasteiger partial charge < -0.3 is 18.6 Å². The maximum Gasteiger partial charge on any atom is 0.339 e. The zero-order chi connectivity index (χ0) is 19.4. The molecule has 0 bridgehead atoms. The van der Waals surface area contributed by atoms with Gasteiger partial charge in [0.1, 0.15) is 11.5 Å². The smallest absolute Gasteiger partial charge is 0.339 e. The van der Waals surface area contributed by atoms with Crippen LogP contribution in [0.1, 0.15) is 34.8 Å². The lowest BCUT2D eigenvalue weighted by atomic mass is 10.1. The number of methoxy groups -OCH3 is 2. The third-order valence-corrected chi connectivity index (χ3v) is 4.05. The molecule has 3 rings (SSSR count). The second kappa shape index (κ2) is 7.90. The van der Waals surface area contributed by atoms with Crippen LogP contribution in [-0.2, 0) is 4.74 Å². The number of hydrogen-bond acceptors (Lipinski definition) is 7. The van der Waals surface area contributed by atoms with Gasteiger partial charge in [-0.15, -0.1) is 10.2 Å². The Labute approximate surface area is 156 Å². The molecule has 7 nitrogen and oxygen atoms in total. The molecule has 1 aromatic heterocycles. The summed E-state index contributed by atoms with van der Waals surface area (Å²) in [6.45, 7) is 3.57. The van der Waals surface area contributed by atoms with E-state index in [2.05, 4.69) is 10.2 Å². The summed E-state index contributed by atoms with van der Waals surface area (Å²) in [5.74, 6) is 1.41. The van der Waals surface area contributed by atoms with Gasteiger partial charge in [0.05, 0.1) is 19.8 Å². The highest BCUT2D eigenvalue weighted by Gasteiger charge is 2.20. The summed E-state index contributed by atoms with van der Waals surface area (Å²) in [5, 5.41) is 7.99. The molecule has 1 unspecified atom stereocenters. The summed E-state index contributed by atoms with van der Waals surface area (Å²) in [6.07, 6.45) is -0.690. The van der Waals surface area contributed by atoms with Gasteiger partial charge in [-0.2, -0.15) is 0 Å². The fourth-order valence-electron chi connectivity index (χ4n) is 2.48. The Morgan fingerprint density at radius 1 is 1.04 bits per heavy atom. The molecule has 1 heterocycles. The van der Waals surface area contributed by atoms with Crippen LogP contribution in [0.3, 0.4) is 0 Å². The highest BCUT2D eigenvalue weighted by atomic mass is 16.6. The summed E-state index contributed by atoms with van der Waals surface area (Å²) < 4.78 is 21.4. The summed E-state index contributed by atoms with van der Waals surface area (Å²) in [7, 11) is 3.15. The second-order valence-corrected chi connectivity index (χ2v) is 5.91. The highest BCUT2D eigenvalue weighted by molar-refractivity contribution is 5.90. The topological polar surface area (TPSA) is 83.7 Å². The highest BCUT2D eigenvalue weighted by Crippen LogP contribution is 2.25. The van der Waals surface area contributed by atoms with Crippen LogP contribution >= 0.6 is 0 Å². The predicted octanol–water partition coefficient (Wildman–Crippen LogP) is 3.98. The van der Waals surface area contributed by atoms with E-state index in [0.717, 1.165) is 16.9 Å². The minimum atomic E-state index is -0.690. The number of ether oxygens (including phenoxy) is 3. The molecule has 0 spiro atoms. The number of benzene rings is 2. The SMILES string of the molecule is COc1ccc(-c2nnc(C(C)OC(=O)c3ccc(C)c(OC)c3)o2)cc1. The van der Waals surface area contributed by atoms with Crippen LogP contribution in [0.4, 0.5) is 0 Å². The van der Waals surface area contributed by atoms with Crippen LogP contribution in [-0.4, -0.2) is 30.4 Å². The molecule has 140 valence electrons. The Kier molecular flexibility index (Phi) is 5.40. The van der Waals surface area contributed by atoms with Gasteiger partial charge in [0.15, 0.2) is 6.10 Å². The molecular formula is C20H20N2O5. The molecule has 0 aliphatic rings. The fraction of sp³-hybridized carbons (Fsp3) is 0.250. The van der Waals surface area contributed by atoms with Gasteiger partial charge in [-0.25, -0.2) is 4.79 Å². The molecular weight excluding hydrogens is 348 g/mol. The van der Waals surface area contributed by atoms with E-state index in [1.807, 2.05) is 19.1 Å². The van der Waals surface area contributed by atoms with Crippen LogP contribution in [0, 0.1) is 6.92 Å². The number of esters is 1. The number of rotatable bonds is 6. The largest absolute Gasteiger partial charge is 0.497 e. The monoisotopic (exact) mass is 368 g/mol. The van der Waals surface area contributed by atoms with Gasteiger partial charge in [0.25, 0.3) is 5.89 Å². The van der Waals surface area contributed by atoms with E-state index in [1.54, 1.807) is 51.5 Å². The Morgan fingerprint density at radius 3 is 2.44 bits per heavy atom. The average molecular weight is 368 g/mol. The van der Waals surface area contributed by atoms with Crippen molar-refractivity contribution in [3.63, 3.8) is 0 Å². The van der Waals surface area contributed by atoms with Crippen LogP contribution in [0.15, 0.2) is 46.9 Å². The zero-order valence-corrected chi connectivity index (χ0v) is 15.6. The standard InChI is InChI=1S/C20H20N2O5/c1-12-5-6-15(11-17(12)25-4)20(23)26-13(2)18-21-22-19(27-18)14-7-9-16(24-3)10-8-14/h5-11,13H,1-4H3. The Hall–Kier alpha value is -3.35. The Balaban J connectivity index is 1.71. The Morgan fingerprint density at radius 2 is 1.78 bits per heavy atom. The molecule has 0 aliphatic heterocycles. The van der Waals surface area contributed by atoms with Crippen LogP contribution < -0.4 is 9.47 Å². The van der Waals surface area contributed by atoms with Crippen molar-refractivity contribution in [2.24, 2.45) is 0 Å². The third kappa shape index (κ3) is 4.08. The number of carbonyl (C=O) groups is 1. The van der Waals surface area contributed by atoms with Crippen molar-refractivity contribution >= 4 is 5.97 Å². The molecule has 0 saturated carbocycles. The van der Waals surface area contributed by atoms with Crippen molar-refractivity contribution in [1.82, 2.24) is 10.2 Å². The first-order valence-electron chi connectivity index (χ1n) is 8.35. The van der Waals surface area contributed by atoms with Crippen molar-refractivity contribution in [3.8, 4) is 23.0 Å². The normalized spacial score (nSPS) is 11.7. The van der Waals surface area contributed by atoms with Crippen molar-refractivity contribution in [2.75, 3.05) is 14.2 Å². The lowest BCUT2D eigenvalue weighted by Crippen LogP contribution is -2.10. The Bertz CT molecular complexity index is 934. The minimum absolute atomic E-state index is 0.216. The van der Waals surface area contributed by atoms with Crippen LogP contribution in [0.5, 0.6) is 11.5 Å². The zero-order valence-electron chi connectivity index (χ0n) is 15.6. The van der Waals surface area contributed by atoms with E-state index in [9.17, 15) is 4.79 Å². The van der Waals surface area contributed by atoms with Gasteiger partial charge >= 0.3 is 5.97 Å². The van der Waals surface area contributed by atoms with Gasteiger partial charge in [0, 0.05) is 5.56 Å². The fourth-order valence-corrected chi connectivity index (χ4v) is 2.48. The predicted molar refractivity (Wildman–Crippen MR) is 97.8 cm³/mol. The average Bonchev–Trinajstić information content (AvgIpc) is 3.18. The van der Waals surface area contributed by atoms with E-state index in [0.29, 0.717) is 17.2 Å². The molecule has 0 N–H and O–H groups in total. The van der Waals surface area contributed by atoms with Crippen molar-refractivity contribution in [3.05, 3.63) is 59.5 Å². The lowest BCUT2D eigenvalue weighted by Gasteiger charge is -2.11.